The molecule has 0 unspecified atom stereocenters. The third-order valence-corrected chi connectivity index (χ3v) is 7.91. The molecule has 0 radical (unpaired) electrons. The van der Waals surface area contributed by atoms with Crippen molar-refractivity contribution in [2.75, 3.05) is 10.6 Å². The monoisotopic (exact) mass is 570 g/mol. The van der Waals surface area contributed by atoms with Crippen molar-refractivity contribution in [3.63, 3.8) is 0 Å². The van der Waals surface area contributed by atoms with Crippen LogP contribution in [0.25, 0.3) is 10.4 Å². The molecule has 4 aromatic rings. The first-order valence-electron chi connectivity index (χ1n) is 12.4. The Bertz CT molecular complexity index is 1520. The van der Waals surface area contributed by atoms with Gasteiger partial charge < -0.3 is 20.8 Å². The van der Waals surface area contributed by atoms with Gasteiger partial charge in [0.05, 0.1) is 16.8 Å². The SMILES string of the molecule is Cc1cc(Nc2nccc(C(F)(F)F)n2)cc(-c2cnc([C@]3(O)CC[C@@H](C(=O)Nc4ccc(O)nc4)CC3)s2)c1. The molecular formula is C27H25F3N6O3S. The van der Waals surface area contributed by atoms with Crippen LogP contribution >= 0.6 is 11.3 Å². The van der Waals surface area contributed by atoms with Crippen molar-refractivity contribution in [3.05, 3.63) is 71.3 Å². The number of aromatic nitrogens is 4. The second kappa shape index (κ2) is 10.8. The van der Waals surface area contributed by atoms with E-state index in [9.17, 15) is 28.2 Å². The number of carbonyl (C=O) groups is 1. The first-order chi connectivity index (χ1) is 19.0. The lowest BCUT2D eigenvalue weighted by molar-refractivity contribution is -0.141. The van der Waals surface area contributed by atoms with Gasteiger partial charge >= 0.3 is 6.18 Å². The molecule has 0 spiro atoms. The highest BCUT2D eigenvalue weighted by Crippen LogP contribution is 2.43. The Morgan fingerprint density at radius 3 is 2.52 bits per heavy atom. The van der Waals surface area contributed by atoms with E-state index in [0.717, 1.165) is 28.3 Å². The van der Waals surface area contributed by atoms with Crippen molar-refractivity contribution in [2.45, 2.75) is 44.4 Å². The van der Waals surface area contributed by atoms with Gasteiger partial charge in [-0.3, -0.25) is 4.79 Å². The van der Waals surface area contributed by atoms with Crippen molar-refractivity contribution in [1.29, 1.82) is 0 Å². The average Bonchev–Trinajstić information content (AvgIpc) is 3.41. The number of aryl methyl sites for hydroxylation is 1. The van der Waals surface area contributed by atoms with Crippen LogP contribution in [0.1, 0.15) is 41.9 Å². The van der Waals surface area contributed by atoms with Crippen LogP contribution in [0.4, 0.5) is 30.5 Å². The number of nitrogens with zero attached hydrogens (tertiary/aromatic N) is 4. The van der Waals surface area contributed by atoms with Gasteiger partial charge in [0.1, 0.15) is 16.3 Å². The van der Waals surface area contributed by atoms with Crippen molar-refractivity contribution in [2.24, 2.45) is 5.92 Å². The number of alkyl halides is 3. The summed E-state index contributed by atoms with van der Waals surface area (Å²) >= 11 is 1.33. The molecule has 13 heteroatoms. The quantitative estimate of drug-likeness (QED) is 0.229. The summed E-state index contributed by atoms with van der Waals surface area (Å²) in [4.78, 5) is 29.2. The van der Waals surface area contributed by atoms with Gasteiger partial charge in [-0.05, 0) is 68.0 Å². The van der Waals surface area contributed by atoms with Crippen molar-refractivity contribution in [3.8, 4) is 16.3 Å². The van der Waals surface area contributed by atoms with Gasteiger partial charge in [-0.1, -0.05) is 6.07 Å². The van der Waals surface area contributed by atoms with E-state index in [1.165, 1.54) is 23.6 Å². The predicted molar refractivity (Wildman–Crippen MR) is 143 cm³/mol. The molecule has 208 valence electrons. The molecule has 1 amide bonds. The van der Waals surface area contributed by atoms with Gasteiger partial charge in [0, 0.05) is 30.1 Å². The number of rotatable bonds is 6. The van der Waals surface area contributed by atoms with E-state index in [2.05, 4.69) is 30.6 Å². The molecular weight excluding hydrogens is 545 g/mol. The molecule has 40 heavy (non-hydrogen) atoms. The van der Waals surface area contributed by atoms with Crippen molar-refractivity contribution < 1.29 is 28.2 Å². The number of amides is 1. The van der Waals surface area contributed by atoms with Gasteiger partial charge in [0.15, 0.2) is 0 Å². The summed E-state index contributed by atoms with van der Waals surface area (Å²) in [5, 5.41) is 26.9. The molecule has 1 aliphatic rings. The number of halogens is 3. The fourth-order valence-corrected chi connectivity index (χ4v) is 5.65. The number of carbonyl (C=O) groups excluding carboxylic acids is 1. The van der Waals surface area contributed by atoms with Crippen molar-refractivity contribution in [1.82, 2.24) is 19.9 Å². The minimum absolute atomic E-state index is 0.133. The summed E-state index contributed by atoms with van der Waals surface area (Å²) in [6.07, 6.45) is 1.17. The van der Waals surface area contributed by atoms with Gasteiger partial charge in [-0.25, -0.2) is 19.9 Å². The Hall–Kier alpha value is -4.10. The fourth-order valence-electron chi connectivity index (χ4n) is 4.60. The Morgan fingerprint density at radius 1 is 1.05 bits per heavy atom. The third-order valence-electron chi connectivity index (χ3n) is 6.67. The van der Waals surface area contributed by atoms with E-state index in [1.807, 2.05) is 13.0 Å². The lowest BCUT2D eigenvalue weighted by Gasteiger charge is -2.33. The largest absolute Gasteiger partial charge is 0.493 e. The lowest BCUT2D eigenvalue weighted by atomic mass is 9.78. The van der Waals surface area contributed by atoms with Crippen LogP contribution in [0.2, 0.25) is 0 Å². The standard InChI is InChI=1S/C27H25F3N6O3S/c1-15-10-17(12-19(11-15)35-25-31-9-6-21(36-25)27(28,29)30)20-14-33-24(40-20)26(39)7-4-16(5-8-26)23(38)34-18-2-3-22(37)32-13-18/h2-3,6,9-14,16,39H,4-5,7-8H2,1H3,(H,32,37)(H,34,38)(H,31,35,36)/t16-,26+. The van der Waals surface area contributed by atoms with E-state index in [4.69, 9.17) is 0 Å². The highest BCUT2D eigenvalue weighted by Gasteiger charge is 2.39. The molecule has 4 N–H and O–H groups in total. The maximum Gasteiger partial charge on any atom is 0.433 e. The number of aliphatic hydroxyl groups is 1. The van der Waals surface area contributed by atoms with Crippen LogP contribution in [0.5, 0.6) is 5.88 Å². The molecule has 0 saturated heterocycles. The number of nitrogens with one attached hydrogen (secondary N) is 2. The van der Waals surface area contributed by atoms with E-state index in [-0.39, 0.29) is 23.7 Å². The van der Waals surface area contributed by atoms with E-state index in [1.54, 1.807) is 24.4 Å². The molecule has 1 fully saturated rings. The van der Waals surface area contributed by atoms with Crippen LogP contribution < -0.4 is 10.6 Å². The number of pyridine rings is 1. The summed E-state index contributed by atoms with van der Waals surface area (Å²) in [5.41, 5.74) is 0.422. The lowest BCUT2D eigenvalue weighted by Crippen LogP contribution is -2.35. The zero-order valence-corrected chi connectivity index (χ0v) is 22.1. The highest BCUT2D eigenvalue weighted by atomic mass is 32.1. The van der Waals surface area contributed by atoms with Crippen LogP contribution in [0, 0.1) is 12.8 Å². The third kappa shape index (κ3) is 6.20. The summed E-state index contributed by atoms with van der Waals surface area (Å²) < 4.78 is 39.1. The van der Waals surface area contributed by atoms with E-state index >= 15 is 0 Å². The van der Waals surface area contributed by atoms with Gasteiger partial charge in [0.2, 0.25) is 17.7 Å². The van der Waals surface area contributed by atoms with Gasteiger partial charge in [-0.15, -0.1) is 11.3 Å². The molecule has 3 heterocycles. The Morgan fingerprint density at radius 2 is 1.82 bits per heavy atom. The fraction of sp³-hybridized carbons (Fsp3) is 0.296. The number of thiazole rings is 1. The zero-order valence-electron chi connectivity index (χ0n) is 21.2. The molecule has 5 rings (SSSR count). The molecule has 0 atom stereocenters. The molecule has 1 aliphatic carbocycles. The first kappa shape index (κ1) is 27.5. The van der Waals surface area contributed by atoms with Crippen LogP contribution in [-0.2, 0) is 16.6 Å². The summed E-state index contributed by atoms with van der Waals surface area (Å²) in [6.45, 7) is 1.86. The van der Waals surface area contributed by atoms with Crippen LogP contribution in [-0.4, -0.2) is 36.1 Å². The van der Waals surface area contributed by atoms with E-state index < -0.39 is 17.5 Å². The molecule has 9 nitrogen and oxygen atoms in total. The number of hydrogen-bond acceptors (Lipinski definition) is 9. The molecule has 0 bridgehead atoms. The number of benzene rings is 1. The number of aromatic hydroxyl groups is 1. The van der Waals surface area contributed by atoms with Gasteiger partial charge in [-0.2, -0.15) is 13.2 Å². The number of hydrogen-bond donors (Lipinski definition) is 4. The Labute approximate surface area is 231 Å². The van der Waals surface area contributed by atoms with E-state index in [0.29, 0.717) is 42.1 Å². The summed E-state index contributed by atoms with van der Waals surface area (Å²) in [7, 11) is 0. The first-order valence-corrected chi connectivity index (χ1v) is 13.2. The second-order valence-electron chi connectivity index (χ2n) is 9.71. The van der Waals surface area contributed by atoms with Crippen molar-refractivity contribution >= 4 is 34.6 Å². The van der Waals surface area contributed by atoms with Crippen LogP contribution in [0.3, 0.4) is 0 Å². The molecule has 3 aromatic heterocycles. The summed E-state index contributed by atoms with van der Waals surface area (Å²) in [5.74, 6) is -0.754. The highest BCUT2D eigenvalue weighted by molar-refractivity contribution is 7.15. The normalized spacial score (nSPS) is 19.3. The predicted octanol–water partition coefficient (Wildman–Crippen LogP) is 5.79. The minimum atomic E-state index is -4.58. The average molecular weight is 571 g/mol. The van der Waals surface area contributed by atoms with Gasteiger partial charge in [0.25, 0.3) is 0 Å². The molecule has 1 aromatic carbocycles. The number of anilines is 3. The maximum atomic E-state index is 13.0. The second-order valence-corrected chi connectivity index (χ2v) is 10.7. The Balaban J connectivity index is 1.27. The zero-order chi connectivity index (χ0) is 28.5. The van der Waals surface area contributed by atoms with Crippen LogP contribution in [0.15, 0.2) is 55.0 Å². The topological polar surface area (TPSA) is 133 Å². The Kier molecular flexibility index (Phi) is 7.43. The molecule has 0 aliphatic heterocycles. The minimum Gasteiger partial charge on any atom is -0.493 e. The molecule has 1 saturated carbocycles. The smallest absolute Gasteiger partial charge is 0.433 e. The maximum absolute atomic E-state index is 13.0. The summed E-state index contributed by atoms with van der Waals surface area (Å²) in [6, 6.07) is 9.21.